The highest BCUT2D eigenvalue weighted by molar-refractivity contribution is 7.87. The van der Waals surface area contributed by atoms with Crippen LogP contribution in [-0.4, -0.2) is 19.6 Å². The highest BCUT2D eigenvalue weighted by Gasteiger charge is 2.19. The molecular formula is C20H16N2O5S. The topological polar surface area (TPSA) is 98.9 Å². The average molecular weight is 396 g/mol. The first-order valence-electron chi connectivity index (χ1n) is 8.24. The number of hydrogen-bond donors (Lipinski definition) is 0. The summed E-state index contributed by atoms with van der Waals surface area (Å²) in [5, 5.41) is 10.7. The quantitative estimate of drug-likeness (QED) is 0.266. The Labute approximate surface area is 162 Å². The van der Waals surface area contributed by atoms with Crippen LogP contribution in [0, 0.1) is 17.0 Å². The third-order valence-corrected chi connectivity index (χ3v) is 5.06. The third kappa shape index (κ3) is 4.60. The zero-order valence-electron chi connectivity index (χ0n) is 14.8. The van der Waals surface area contributed by atoms with Gasteiger partial charge in [-0.2, -0.15) is 8.42 Å². The average Bonchev–Trinajstić information content (AvgIpc) is 2.67. The Morgan fingerprint density at radius 1 is 1.00 bits per heavy atom. The molecule has 0 aromatic heterocycles. The number of rotatable bonds is 6. The summed E-state index contributed by atoms with van der Waals surface area (Å²) < 4.78 is 30.3. The van der Waals surface area contributed by atoms with Crippen molar-refractivity contribution in [3.05, 3.63) is 94.0 Å². The van der Waals surface area contributed by atoms with Gasteiger partial charge in [-0.3, -0.25) is 15.1 Å². The molecule has 0 fully saturated rings. The molecule has 3 aromatic rings. The third-order valence-electron chi connectivity index (χ3n) is 3.81. The number of aryl methyl sites for hydroxylation is 1. The molecule has 0 aliphatic heterocycles. The Morgan fingerprint density at radius 3 is 2.39 bits per heavy atom. The van der Waals surface area contributed by atoms with E-state index in [4.69, 9.17) is 4.18 Å². The molecule has 0 heterocycles. The SMILES string of the molecule is Cc1cccc(N=Cc2ccccc2OS(=O)(=O)c2ccc([N+](=O)[O-])cc2)c1. The van der Waals surface area contributed by atoms with Gasteiger partial charge in [-0.1, -0.05) is 24.3 Å². The summed E-state index contributed by atoms with van der Waals surface area (Å²) in [6.45, 7) is 1.95. The van der Waals surface area contributed by atoms with Crippen LogP contribution in [0.2, 0.25) is 0 Å². The van der Waals surface area contributed by atoms with Crippen molar-refractivity contribution in [1.29, 1.82) is 0 Å². The monoisotopic (exact) mass is 396 g/mol. The lowest BCUT2D eigenvalue weighted by atomic mass is 10.2. The van der Waals surface area contributed by atoms with Gasteiger partial charge in [0.1, 0.15) is 4.90 Å². The lowest BCUT2D eigenvalue weighted by Gasteiger charge is -2.09. The van der Waals surface area contributed by atoms with Crippen LogP contribution >= 0.6 is 0 Å². The minimum absolute atomic E-state index is 0.109. The van der Waals surface area contributed by atoms with Gasteiger partial charge in [0.25, 0.3) is 5.69 Å². The van der Waals surface area contributed by atoms with Crippen molar-refractivity contribution in [2.75, 3.05) is 0 Å². The van der Waals surface area contributed by atoms with E-state index in [9.17, 15) is 18.5 Å². The summed E-state index contributed by atoms with van der Waals surface area (Å²) in [4.78, 5) is 14.3. The van der Waals surface area contributed by atoms with Gasteiger partial charge in [0.05, 0.1) is 10.6 Å². The van der Waals surface area contributed by atoms with Gasteiger partial charge in [-0.15, -0.1) is 0 Å². The fourth-order valence-corrected chi connectivity index (χ4v) is 3.37. The molecule has 0 saturated heterocycles. The zero-order valence-corrected chi connectivity index (χ0v) is 15.7. The molecule has 0 aliphatic rings. The second-order valence-corrected chi connectivity index (χ2v) is 7.47. The largest absolute Gasteiger partial charge is 0.378 e. The number of hydrogen-bond acceptors (Lipinski definition) is 6. The summed E-state index contributed by atoms with van der Waals surface area (Å²) >= 11 is 0. The maximum atomic E-state index is 12.5. The first-order chi connectivity index (χ1) is 13.3. The molecule has 0 unspecified atom stereocenters. The van der Waals surface area contributed by atoms with Crippen molar-refractivity contribution in [2.24, 2.45) is 4.99 Å². The van der Waals surface area contributed by atoms with Crippen LogP contribution < -0.4 is 4.18 Å². The van der Waals surface area contributed by atoms with Gasteiger partial charge < -0.3 is 4.18 Å². The van der Waals surface area contributed by atoms with E-state index in [-0.39, 0.29) is 16.3 Å². The molecular weight excluding hydrogens is 380 g/mol. The van der Waals surface area contributed by atoms with Crippen molar-refractivity contribution < 1.29 is 17.5 Å². The van der Waals surface area contributed by atoms with Crippen LogP contribution in [0.3, 0.4) is 0 Å². The van der Waals surface area contributed by atoms with E-state index in [1.165, 1.54) is 12.3 Å². The summed E-state index contributed by atoms with van der Waals surface area (Å²) in [7, 11) is -4.15. The van der Waals surface area contributed by atoms with Crippen LogP contribution in [0.4, 0.5) is 11.4 Å². The molecule has 0 atom stereocenters. The summed E-state index contributed by atoms with van der Waals surface area (Å²) in [5.41, 5.74) is 2.06. The molecule has 0 amide bonds. The molecule has 3 rings (SSSR count). The van der Waals surface area contributed by atoms with E-state index in [0.29, 0.717) is 5.56 Å². The van der Waals surface area contributed by atoms with Crippen LogP contribution in [0.15, 0.2) is 82.7 Å². The number of nitro benzene ring substituents is 1. The molecule has 7 nitrogen and oxygen atoms in total. The maximum absolute atomic E-state index is 12.5. The van der Waals surface area contributed by atoms with E-state index in [2.05, 4.69) is 4.99 Å². The Balaban J connectivity index is 1.87. The molecule has 0 N–H and O–H groups in total. The Hall–Kier alpha value is -3.52. The van der Waals surface area contributed by atoms with Gasteiger partial charge in [0.15, 0.2) is 5.75 Å². The predicted octanol–water partition coefficient (Wildman–Crippen LogP) is 4.42. The van der Waals surface area contributed by atoms with Gasteiger partial charge >= 0.3 is 10.1 Å². The van der Waals surface area contributed by atoms with Gasteiger partial charge in [0.2, 0.25) is 0 Å². The molecule has 142 valence electrons. The summed E-state index contributed by atoms with van der Waals surface area (Å²) in [6, 6.07) is 18.6. The number of nitro groups is 1. The van der Waals surface area contributed by atoms with Crippen molar-refractivity contribution in [1.82, 2.24) is 0 Å². The lowest BCUT2D eigenvalue weighted by Crippen LogP contribution is -2.11. The Morgan fingerprint density at radius 2 is 1.71 bits per heavy atom. The predicted molar refractivity (Wildman–Crippen MR) is 106 cm³/mol. The van der Waals surface area contributed by atoms with Crippen LogP contribution in [0.25, 0.3) is 0 Å². The number of para-hydroxylation sites is 1. The van der Waals surface area contributed by atoms with Crippen molar-refractivity contribution in [3.8, 4) is 5.75 Å². The summed E-state index contributed by atoms with van der Waals surface area (Å²) in [5.74, 6) is 0.109. The normalized spacial score (nSPS) is 11.5. The fraction of sp³-hybridized carbons (Fsp3) is 0.0500. The molecule has 8 heteroatoms. The van der Waals surface area contributed by atoms with Crippen LogP contribution in [-0.2, 0) is 10.1 Å². The first kappa shape index (κ1) is 19.2. The fourth-order valence-electron chi connectivity index (χ4n) is 2.42. The Kier molecular flexibility index (Phi) is 5.51. The maximum Gasteiger partial charge on any atom is 0.339 e. The Bertz CT molecular complexity index is 1140. The minimum atomic E-state index is -4.15. The molecule has 0 bridgehead atoms. The lowest BCUT2D eigenvalue weighted by molar-refractivity contribution is -0.384. The van der Waals surface area contributed by atoms with E-state index < -0.39 is 15.0 Å². The standard InChI is InChI=1S/C20H16N2O5S/c1-15-5-4-7-17(13-15)21-14-16-6-2-3-8-20(16)27-28(25,26)19-11-9-18(10-12-19)22(23)24/h2-14H,1H3. The van der Waals surface area contributed by atoms with Crippen molar-refractivity contribution in [3.63, 3.8) is 0 Å². The highest BCUT2D eigenvalue weighted by Crippen LogP contribution is 2.24. The summed E-state index contributed by atoms with van der Waals surface area (Å²) in [6.07, 6.45) is 1.52. The van der Waals surface area contributed by atoms with Crippen molar-refractivity contribution >= 4 is 27.7 Å². The van der Waals surface area contributed by atoms with Crippen LogP contribution in [0.5, 0.6) is 5.75 Å². The van der Waals surface area contributed by atoms with E-state index in [0.717, 1.165) is 35.5 Å². The molecule has 3 aromatic carbocycles. The highest BCUT2D eigenvalue weighted by atomic mass is 32.2. The van der Waals surface area contributed by atoms with E-state index >= 15 is 0 Å². The van der Waals surface area contributed by atoms with E-state index in [1.54, 1.807) is 18.2 Å². The second kappa shape index (κ2) is 8.01. The number of benzene rings is 3. The number of non-ortho nitro benzene ring substituents is 1. The van der Waals surface area contributed by atoms with Crippen LogP contribution in [0.1, 0.15) is 11.1 Å². The number of aliphatic imine (C=N–C) groups is 1. The van der Waals surface area contributed by atoms with Gasteiger partial charge in [0, 0.05) is 23.9 Å². The second-order valence-electron chi connectivity index (χ2n) is 5.92. The smallest absolute Gasteiger partial charge is 0.339 e. The molecule has 0 radical (unpaired) electrons. The molecule has 0 aliphatic carbocycles. The zero-order chi connectivity index (χ0) is 20.1. The molecule has 28 heavy (non-hydrogen) atoms. The number of nitrogens with zero attached hydrogens (tertiary/aromatic N) is 2. The molecule has 0 saturated carbocycles. The molecule has 0 spiro atoms. The van der Waals surface area contributed by atoms with Crippen molar-refractivity contribution in [2.45, 2.75) is 11.8 Å². The van der Waals surface area contributed by atoms with E-state index in [1.807, 2.05) is 31.2 Å². The minimum Gasteiger partial charge on any atom is -0.378 e. The van der Waals surface area contributed by atoms with Gasteiger partial charge in [-0.05, 0) is 48.9 Å². The first-order valence-corrected chi connectivity index (χ1v) is 9.65. The van der Waals surface area contributed by atoms with Gasteiger partial charge in [-0.25, -0.2) is 0 Å².